The lowest BCUT2D eigenvalue weighted by atomic mass is 9.78. The van der Waals surface area contributed by atoms with Crippen LogP contribution in [0.3, 0.4) is 0 Å². The van der Waals surface area contributed by atoms with Gasteiger partial charge in [0.05, 0.1) is 6.04 Å². The zero-order valence-corrected chi connectivity index (χ0v) is 12.7. The number of hydrogen-bond acceptors (Lipinski definition) is 4. The Morgan fingerprint density at radius 3 is 2.64 bits per heavy atom. The fraction of sp³-hybridized carbons (Fsp3) is 0.294. The predicted octanol–water partition coefficient (Wildman–Crippen LogP) is 2.83. The second kappa shape index (κ2) is 5.07. The molecular formula is C17H16ClNO3. The van der Waals surface area contributed by atoms with Crippen LogP contribution in [0.1, 0.15) is 22.6 Å². The van der Waals surface area contributed by atoms with Crippen molar-refractivity contribution in [3.05, 3.63) is 53.1 Å². The smallest absolute Gasteiger partial charge is 0.231 e. The summed E-state index contributed by atoms with van der Waals surface area (Å²) in [6.07, 6.45) is 0. The second-order valence-corrected chi connectivity index (χ2v) is 5.72. The molecule has 0 saturated carbocycles. The molecule has 4 nitrogen and oxygen atoms in total. The lowest BCUT2D eigenvalue weighted by molar-refractivity contribution is 0.173. The average molecular weight is 318 g/mol. The molecule has 2 aromatic rings. The highest BCUT2D eigenvalue weighted by Gasteiger charge is 2.37. The van der Waals surface area contributed by atoms with Crippen molar-refractivity contribution in [1.29, 1.82) is 0 Å². The van der Waals surface area contributed by atoms with E-state index in [1.165, 1.54) is 16.7 Å². The van der Waals surface area contributed by atoms with Crippen LogP contribution in [0.4, 0.5) is 0 Å². The highest BCUT2D eigenvalue weighted by atomic mass is 35.5. The van der Waals surface area contributed by atoms with Gasteiger partial charge in [0.15, 0.2) is 11.5 Å². The summed E-state index contributed by atoms with van der Waals surface area (Å²) < 4.78 is 16.9. The molecule has 0 aliphatic carbocycles. The maximum Gasteiger partial charge on any atom is 0.231 e. The average Bonchev–Trinajstić information content (AvgIpc) is 2.99. The quantitative estimate of drug-likeness (QED) is 0.811. The van der Waals surface area contributed by atoms with Crippen molar-refractivity contribution in [2.45, 2.75) is 18.5 Å². The normalized spacial score (nSPS) is 23.5. The zero-order valence-electron chi connectivity index (χ0n) is 11.9. The van der Waals surface area contributed by atoms with Crippen LogP contribution in [0.15, 0.2) is 36.4 Å². The minimum atomic E-state index is 0. The molecule has 3 heterocycles. The predicted molar refractivity (Wildman–Crippen MR) is 84.2 cm³/mol. The Kier molecular flexibility index (Phi) is 3.17. The lowest BCUT2D eigenvalue weighted by Gasteiger charge is -2.39. The van der Waals surface area contributed by atoms with E-state index >= 15 is 0 Å². The van der Waals surface area contributed by atoms with Gasteiger partial charge in [-0.05, 0) is 17.2 Å². The Hall–Kier alpha value is -1.91. The van der Waals surface area contributed by atoms with Crippen molar-refractivity contribution in [1.82, 2.24) is 5.32 Å². The number of halogens is 1. The van der Waals surface area contributed by atoms with E-state index in [0.717, 1.165) is 23.8 Å². The number of fused-ring (bicyclic) bond motifs is 6. The van der Waals surface area contributed by atoms with Gasteiger partial charge >= 0.3 is 0 Å². The number of hydrogen-bond donors (Lipinski definition) is 1. The fourth-order valence-corrected chi connectivity index (χ4v) is 3.60. The summed E-state index contributed by atoms with van der Waals surface area (Å²) in [5.74, 6) is 2.83. The van der Waals surface area contributed by atoms with Crippen LogP contribution in [-0.2, 0) is 6.54 Å². The number of rotatable bonds is 0. The Morgan fingerprint density at radius 1 is 0.909 bits per heavy atom. The van der Waals surface area contributed by atoms with Crippen LogP contribution in [0.25, 0.3) is 0 Å². The number of ether oxygens (including phenoxy) is 3. The lowest BCUT2D eigenvalue weighted by Crippen LogP contribution is -2.46. The first-order valence-electron chi connectivity index (χ1n) is 7.28. The van der Waals surface area contributed by atoms with Crippen molar-refractivity contribution in [3.63, 3.8) is 0 Å². The third-order valence-corrected chi connectivity index (χ3v) is 4.61. The molecule has 5 heteroatoms. The van der Waals surface area contributed by atoms with Gasteiger partial charge in [-0.25, -0.2) is 0 Å². The van der Waals surface area contributed by atoms with Gasteiger partial charge in [-0.2, -0.15) is 0 Å². The third kappa shape index (κ3) is 1.87. The standard InChI is InChI=1S/C17H15NO3.ClH/c1-2-4-11-10(3-1)7-18-13-8-19-14-6-16-15(20-9-21-16)5-12(14)17(11)13;/h1-6,13,17-18H,7-9H2;1H/t13-,17-;/m1./s1. The molecule has 0 unspecified atom stereocenters. The molecule has 0 amide bonds. The van der Waals surface area contributed by atoms with Crippen LogP contribution in [0, 0.1) is 0 Å². The molecule has 0 spiro atoms. The van der Waals surface area contributed by atoms with Gasteiger partial charge < -0.3 is 19.5 Å². The number of benzene rings is 2. The molecule has 22 heavy (non-hydrogen) atoms. The highest BCUT2D eigenvalue weighted by molar-refractivity contribution is 5.85. The first-order chi connectivity index (χ1) is 10.4. The van der Waals surface area contributed by atoms with Gasteiger partial charge in [-0.1, -0.05) is 24.3 Å². The summed E-state index contributed by atoms with van der Waals surface area (Å²) >= 11 is 0. The molecular weight excluding hydrogens is 302 g/mol. The van der Waals surface area contributed by atoms with Crippen molar-refractivity contribution >= 4 is 12.4 Å². The van der Waals surface area contributed by atoms with Crippen LogP contribution in [0.2, 0.25) is 0 Å². The van der Waals surface area contributed by atoms with Crippen molar-refractivity contribution in [3.8, 4) is 17.2 Å². The molecule has 0 saturated heterocycles. The van der Waals surface area contributed by atoms with Gasteiger partial charge in [0.25, 0.3) is 0 Å². The maximum atomic E-state index is 5.94. The Labute approximate surface area is 134 Å². The largest absolute Gasteiger partial charge is 0.491 e. The summed E-state index contributed by atoms with van der Waals surface area (Å²) in [5, 5.41) is 3.59. The number of nitrogens with one attached hydrogen (secondary N) is 1. The topological polar surface area (TPSA) is 39.7 Å². The van der Waals surface area contributed by atoms with E-state index in [9.17, 15) is 0 Å². The molecule has 0 aromatic heterocycles. The molecule has 5 rings (SSSR count). The highest BCUT2D eigenvalue weighted by Crippen LogP contribution is 2.47. The third-order valence-electron chi connectivity index (χ3n) is 4.61. The van der Waals surface area contributed by atoms with E-state index in [4.69, 9.17) is 14.2 Å². The summed E-state index contributed by atoms with van der Waals surface area (Å²) in [6, 6.07) is 13.0. The van der Waals surface area contributed by atoms with Gasteiger partial charge in [-0.3, -0.25) is 0 Å². The molecule has 3 aliphatic rings. The molecule has 0 radical (unpaired) electrons. The maximum absolute atomic E-state index is 5.94. The monoisotopic (exact) mass is 317 g/mol. The van der Waals surface area contributed by atoms with E-state index in [1.54, 1.807) is 0 Å². The van der Waals surface area contributed by atoms with Gasteiger partial charge in [0.2, 0.25) is 6.79 Å². The molecule has 114 valence electrons. The molecule has 0 fully saturated rings. The molecule has 2 aromatic carbocycles. The fourth-order valence-electron chi connectivity index (χ4n) is 3.60. The van der Waals surface area contributed by atoms with Gasteiger partial charge in [0.1, 0.15) is 12.4 Å². The Balaban J connectivity index is 0.00000125. The van der Waals surface area contributed by atoms with E-state index < -0.39 is 0 Å². The summed E-state index contributed by atoms with van der Waals surface area (Å²) in [5.41, 5.74) is 3.95. The van der Waals surface area contributed by atoms with Gasteiger partial charge in [0, 0.05) is 24.1 Å². The van der Waals surface area contributed by atoms with Crippen molar-refractivity contribution < 1.29 is 14.2 Å². The molecule has 1 N–H and O–H groups in total. The Bertz CT molecular complexity index is 734. The first-order valence-corrected chi connectivity index (χ1v) is 7.28. The van der Waals surface area contributed by atoms with Gasteiger partial charge in [-0.15, -0.1) is 12.4 Å². The van der Waals surface area contributed by atoms with Crippen LogP contribution in [-0.4, -0.2) is 19.4 Å². The minimum Gasteiger partial charge on any atom is -0.491 e. The Morgan fingerprint density at radius 2 is 1.73 bits per heavy atom. The molecule has 0 bridgehead atoms. The van der Waals surface area contributed by atoms with Crippen molar-refractivity contribution in [2.24, 2.45) is 0 Å². The second-order valence-electron chi connectivity index (χ2n) is 5.72. The van der Waals surface area contributed by atoms with E-state index in [2.05, 4.69) is 35.6 Å². The minimum absolute atomic E-state index is 0. The van der Waals surface area contributed by atoms with Crippen molar-refractivity contribution in [2.75, 3.05) is 13.4 Å². The van der Waals surface area contributed by atoms with E-state index in [1.807, 2.05) is 6.07 Å². The SMILES string of the molecule is Cl.c1ccc2c(c1)CN[C@@H]1COc3cc4c(cc3[C@@H]21)OCO4. The summed E-state index contributed by atoms with van der Waals surface area (Å²) in [4.78, 5) is 0. The summed E-state index contributed by atoms with van der Waals surface area (Å²) in [7, 11) is 0. The van der Waals surface area contributed by atoms with Crippen LogP contribution >= 0.6 is 12.4 Å². The van der Waals surface area contributed by atoms with Crippen LogP contribution < -0.4 is 19.5 Å². The van der Waals surface area contributed by atoms with E-state index in [0.29, 0.717) is 25.4 Å². The van der Waals surface area contributed by atoms with E-state index in [-0.39, 0.29) is 12.4 Å². The zero-order chi connectivity index (χ0) is 13.8. The van der Waals surface area contributed by atoms with Crippen LogP contribution in [0.5, 0.6) is 17.2 Å². The molecule has 2 atom stereocenters. The molecule has 3 aliphatic heterocycles. The summed E-state index contributed by atoms with van der Waals surface area (Å²) in [6.45, 7) is 1.88. The first kappa shape index (κ1) is 13.7.